The van der Waals surface area contributed by atoms with Gasteiger partial charge >= 0.3 is 0 Å². The van der Waals surface area contributed by atoms with Crippen LogP contribution in [-0.2, 0) is 4.74 Å². The molecule has 0 aromatic heterocycles. The summed E-state index contributed by atoms with van der Waals surface area (Å²) >= 11 is 0. The first-order chi connectivity index (χ1) is 7.86. The lowest BCUT2D eigenvalue weighted by molar-refractivity contribution is -0.0320. The van der Waals surface area contributed by atoms with Crippen molar-refractivity contribution in [3.05, 3.63) is 0 Å². The van der Waals surface area contributed by atoms with Crippen LogP contribution in [-0.4, -0.2) is 37.2 Å². The van der Waals surface area contributed by atoms with Gasteiger partial charge in [0.1, 0.15) is 0 Å². The van der Waals surface area contributed by atoms with E-state index in [0.717, 1.165) is 19.7 Å². The predicted octanol–water partition coefficient (Wildman–Crippen LogP) is 3.95. The maximum Gasteiger partial charge on any atom is 0.0702 e. The van der Waals surface area contributed by atoms with Crippen LogP contribution in [0.3, 0.4) is 0 Å². The lowest BCUT2D eigenvalue weighted by Crippen LogP contribution is -2.42. The first-order valence-electron chi connectivity index (χ1n) is 7.20. The van der Waals surface area contributed by atoms with Gasteiger partial charge in [-0.05, 0) is 19.4 Å². The highest BCUT2D eigenvalue weighted by atomic mass is 16.5. The van der Waals surface area contributed by atoms with E-state index in [1.165, 1.54) is 25.8 Å². The van der Waals surface area contributed by atoms with Gasteiger partial charge in [-0.1, -0.05) is 48.0 Å². The van der Waals surface area contributed by atoms with Crippen LogP contribution in [0.2, 0.25) is 0 Å². The van der Waals surface area contributed by atoms with Crippen LogP contribution in [0.4, 0.5) is 0 Å². The van der Waals surface area contributed by atoms with E-state index < -0.39 is 0 Å². The molecule has 1 saturated heterocycles. The average molecular weight is 231 g/mol. The zero-order valence-corrected chi connectivity index (χ0v) is 12.4. The van der Waals surface area contributed by atoms with Crippen LogP contribution in [0.25, 0.3) is 0 Å². The Bertz CT molecular complexity index is 101. The van der Waals surface area contributed by atoms with Crippen molar-refractivity contribution in [1.29, 1.82) is 0 Å². The molecular weight excluding hydrogens is 198 g/mol. The molecule has 1 fully saturated rings. The first-order valence-corrected chi connectivity index (χ1v) is 7.20. The maximum absolute atomic E-state index is 5.65. The van der Waals surface area contributed by atoms with Gasteiger partial charge < -0.3 is 4.74 Å². The lowest BCUT2D eigenvalue weighted by atomic mass is 10.1. The van der Waals surface area contributed by atoms with Gasteiger partial charge in [0.25, 0.3) is 0 Å². The Morgan fingerprint density at radius 3 is 2.19 bits per heavy atom. The summed E-state index contributed by atoms with van der Waals surface area (Å²) < 4.78 is 5.65. The van der Waals surface area contributed by atoms with Gasteiger partial charge in [0.05, 0.1) is 12.7 Å². The fraction of sp³-hybridized carbons (Fsp3) is 1.00. The van der Waals surface area contributed by atoms with Crippen molar-refractivity contribution in [2.24, 2.45) is 0 Å². The zero-order chi connectivity index (χ0) is 12.8. The first kappa shape index (κ1) is 18.3. The summed E-state index contributed by atoms with van der Waals surface area (Å²) in [6.07, 6.45) is 4.24. The minimum atomic E-state index is 0.510. The summed E-state index contributed by atoms with van der Waals surface area (Å²) in [6, 6.07) is 0. The number of hydrogen-bond donors (Lipinski definition) is 0. The van der Waals surface area contributed by atoms with Gasteiger partial charge in [0, 0.05) is 13.1 Å². The van der Waals surface area contributed by atoms with Crippen LogP contribution in [0, 0.1) is 0 Å². The van der Waals surface area contributed by atoms with Crippen molar-refractivity contribution in [2.45, 2.75) is 66.9 Å². The Morgan fingerprint density at radius 2 is 1.69 bits per heavy atom. The second-order valence-corrected chi connectivity index (χ2v) is 3.58. The molecule has 1 atom stereocenters. The molecule has 16 heavy (non-hydrogen) atoms. The monoisotopic (exact) mass is 231 g/mol. The number of rotatable bonds is 4. The lowest BCUT2D eigenvalue weighted by Gasteiger charge is -2.32. The van der Waals surface area contributed by atoms with Crippen LogP contribution in [0.1, 0.15) is 60.8 Å². The zero-order valence-electron chi connectivity index (χ0n) is 12.4. The van der Waals surface area contributed by atoms with E-state index in [1.807, 2.05) is 27.7 Å². The van der Waals surface area contributed by atoms with Crippen molar-refractivity contribution in [2.75, 3.05) is 26.2 Å². The molecule has 0 amide bonds. The van der Waals surface area contributed by atoms with Crippen LogP contribution in [0.5, 0.6) is 0 Å². The highest BCUT2D eigenvalue weighted by Crippen LogP contribution is 2.10. The van der Waals surface area contributed by atoms with Gasteiger partial charge in [-0.15, -0.1) is 0 Å². The highest BCUT2D eigenvalue weighted by Gasteiger charge is 2.18. The topological polar surface area (TPSA) is 12.5 Å². The Labute approximate surface area is 103 Å². The molecule has 1 aliphatic rings. The molecule has 0 saturated carbocycles. The Morgan fingerprint density at radius 1 is 1.06 bits per heavy atom. The number of hydrogen-bond acceptors (Lipinski definition) is 2. The quantitative estimate of drug-likeness (QED) is 0.726. The molecule has 0 bridgehead atoms. The van der Waals surface area contributed by atoms with Gasteiger partial charge in [-0.25, -0.2) is 0 Å². The minimum Gasteiger partial charge on any atom is -0.376 e. The van der Waals surface area contributed by atoms with Gasteiger partial charge in [0.2, 0.25) is 0 Å². The molecule has 0 N–H and O–H groups in total. The van der Waals surface area contributed by atoms with Crippen molar-refractivity contribution >= 4 is 0 Å². The van der Waals surface area contributed by atoms with Gasteiger partial charge in [-0.3, -0.25) is 4.90 Å². The number of morpholine rings is 1. The summed E-state index contributed by atoms with van der Waals surface area (Å²) in [6.45, 7) is 16.9. The van der Waals surface area contributed by atoms with Crippen LogP contribution < -0.4 is 0 Å². The van der Waals surface area contributed by atoms with Gasteiger partial charge in [-0.2, -0.15) is 0 Å². The largest absolute Gasteiger partial charge is 0.376 e. The maximum atomic E-state index is 5.65. The van der Waals surface area contributed by atoms with Gasteiger partial charge in [0.15, 0.2) is 0 Å². The van der Waals surface area contributed by atoms with Crippen molar-refractivity contribution in [1.82, 2.24) is 4.90 Å². The number of ether oxygens (including phenoxy) is 1. The third-order valence-electron chi connectivity index (χ3n) is 2.37. The third-order valence-corrected chi connectivity index (χ3v) is 2.37. The summed E-state index contributed by atoms with van der Waals surface area (Å²) in [5.74, 6) is 0. The average Bonchev–Trinajstić information content (AvgIpc) is 2.36. The normalized spacial score (nSPS) is 20.2. The molecule has 0 aromatic rings. The molecule has 1 heterocycles. The van der Waals surface area contributed by atoms with Crippen molar-refractivity contribution in [3.63, 3.8) is 0 Å². The highest BCUT2D eigenvalue weighted by molar-refractivity contribution is 4.70. The van der Waals surface area contributed by atoms with E-state index in [9.17, 15) is 0 Å². The van der Waals surface area contributed by atoms with E-state index in [0.29, 0.717) is 6.10 Å². The molecular formula is C14H33NO. The second kappa shape index (κ2) is 14.9. The van der Waals surface area contributed by atoms with Crippen molar-refractivity contribution < 1.29 is 4.74 Å². The standard InChI is InChI=1S/C10H21NO.2C2H6/c1-3-5-10-9-11(6-4-2)7-8-12-10;2*1-2/h10H,3-9H2,1-2H3;2*1-2H3. The summed E-state index contributed by atoms with van der Waals surface area (Å²) in [5, 5.41) is 0. The molecule has 0 aliphatic carbocycles. The molecule has 2 nitrogen and oxygen atoms in total. The molecule has 1 unspecified atom stereocenters. The van der Waals surface area contributed by atoms with E-state index in [1.54, 1.807) is 0 Å². The third kappa shape index (κ3) is 9.17. The molecule has 0 radical (unpaired) electrons. The summed E-state index contributed by atoms with van der Waals surface area (Å²) in [4.78, 5) is 2.52. The van der Waals surface area contributed by atoms with E-state index in [2.05, 4.69) is 18.7 Å². The molecule has 0 spiro atoms. The van der Waals surface area contributed by atoms with E-state index in [4.69, 9.17) is 4.74 Å². The minimum absolute atomic E-state index is 0.510. The van der Waals surface area contributed by atoms with Crippen LogP contribution >= 0.6 is 0 Å². The molecule has 0 aromatic carbocycles. The summed E-state index contributed by atoms with van der Waals surface area (Å²) in [5.41, 5.74) is 0. The van der Waals surface area contributed by atoms with Crippen LogP contribution in [0.15, 0.2) is 0 Å². The van der Waals surface area contributed by atoms with E-state index >= 15 is 0 Å². The Balaban J connectivity index is 0. The number of nitrogens with zero attached hydrogens (tertiary/aromatic N) is 1. The fourth-order valence-electron chi connectivity index (χ4n) is 1.80. The van der Waals surface area contributed by atoms with E-state index in [-0.39, 0.29) is 0 Å². The summed E-state index contributed by atoms with van der Waals surface area (Å²) in [7, 11) is 0. The Hall–Kier alpha value is -0.0800. The SMILES string of the molecule is CC.CC.CCCC1CN(CCC)CCO1. The smallest absolute Gasteiger partial charge is 0.0702 e. The van der Waals surface area contributed by atoms with Crippen molar-refractivity contribution in [3.8, 4) is 0 Å². The molecule has 2 heteroatoms. The second-order valence-electron chi connectivity index (χ2n) is 3.58. The molecule has 1 rings (SSSR count). The molecule has 1 aliphatic heterocycles. The fourth-order valence-corrected chi connectivity index (χ4v) is 1.80. The molecule has 100 valence electrons. The Kier molecular flexibility index (Phi) is 17.1. The predicted molar refractivity (Wildman–Crippen MR) is 74.1 cm³/mol.